The van der Waals surface area contributed by atoms with Crippen molar-refractivity contribution in [3.63, 3.8) is 0 Å². The van der Waals surface area contributed by atoms with Crippen LogP contribution in [-0.4, -0.2) is 19.3 Å². The predicted molar refractivity (Wildman–Crippen MR) is 124 cm³/mol. The average molecular weight is 371 g/mol. The molecule has 3 rings (SSSR count). The molecule has 0 bridgehead atoms. The molecule has 0 fully saturated rings. The Morgan fingerprint density at radius 1 is 1.14 bits per heavy atom. The van der Waals surface area contributed by atoms with Crippen molar-refractivity contribution < 1.29 is 0 Å². The highest BCUT2D eigenvalue weighted by Crippen LogP contribution is 2.32. The maximum Gasteiger partial charge on any atom is 0.0485 e. The number of aliphatic imine (C=N–C) groups is 1. The maximum atomic E-state index is 4.36. The molecule has 2 heteroatoms. The standard InChI is InChI=1S/C26H30N2/c1-4-27-19-17-22(24-14-7-6-11-21(24)3)12-10-13-23-18-20-28(5-2)26-16-9-8-15-25(23)26/h8-20H,4-7H2,1-3H3/b12-10-,22-17-,23-13+,27-19?. The van der Waals surface area contributed by atoms with E-state index in [0.29, 0.717) is 0 Å². The van der Waals surface area contributed by atoms with E-state index in [9.17, 15) is 0 Å². The van der Waals surface area contributed by atoms with Gasteiger partial charge in [0.1, 0.15) is 0 Å². The number of benzene rings is 1. The number of allylic oxidation sites excluding steroid dienone is 11. The highest BCUT2D eigenvalue weighted by atomic mass is 15.1. The Hall–Kier alpha value is -2.87. The fraction of sp³-hybridized carbons (Fsp3) is 0.269. The number of rotatable bonds is 6. The van der Waals surface area contributed by atoms with Crippen molar-refractivity contribution in [2.24, 2.45) is 4.99 Å². The van der Waals surface area contributed by atoms with Gasteiger partial charge in [-0.3, -0.25) is 4.99 Å². The molecule has 0 saturated carbocycles. The smallest absolute Gasteiger partial charge is 0.0485 e. The zero-order valence-electron chi connectivity index (χ0n) is 17.2. The third kappa shape index (κ3) is 4.69. The Labute approximate surface area is 169 Å². The van der Waals surface area contributed by atoms with E-state index in [-0.39, 0.29) is 0 Å². The zero-order chi connectivity index (χ0) is 19.8. The summed E-state index contributed by atoms with van der Waals surface area (Å²) in [4.78, 5) is 6.64. The molecule has 1 aromatic carbocycles. The SMILES string of the molecule is CCN=C/C=C(/C=C\C=C1/C=CN(CC)c2ccccc21)C1=CCCC=C1C. The minimum Gasteiger partial charge on any atom is -0.348 e. The number of hydrogen-bond acceptors (Lipinski definition) is 2. The van der Waals surface area contributed by atoms with Gasteiger partial charge in [0.05, 0.1) is 0 Å². The van der Waals surface area contributed by atoms with Crippen LogP contribution in [0.4, 0.5) is 5.69 Å². The van der Waals surface area contributed by atoms with Crippen LogP contribution in [0.3, 0.4) is 0 Å². The van der Waals surface area contributed by atoms with Crippen LogP contribution in [0.1, 0.15) is 39.2 Å². The molecule has 0 aromatic heterocycles. The number of anilines is 1. The van der Waals surface area contributed by atoms with E-state index < -0.39 is 0 Å². The summed E-state index contributed by atoms with van der Waals surface area (Å²) in [6.45, 7) is 8.21. The van der Waals surface area contributed by atoms with E-state index in [1.165, 1.54) is 33.5 Å². The lowest BCUT2D eigenvalue weighted by Gasteiger charge is -2.26. The summed E-state index contributed by atoms with van der Waals surface area (Å²) in [5.41, 5.74) is 7.67. The van der Waals surface area contributed by atoms with Crippen molar-refractivity contribution >= 4 is 17.5 Å². The molecular formula is C26H30N2. The summed E-state index contributed by atoms with van der Waals surface area (Å²) in [5, 5.41) is 0. The fourth-order valence-electron chi connectivity index (χ4n) is 3.60. The van der Waals surface area contributed by atoms with Gasteiger partial charge in [0, 0.05) is 36.8 Å². The number of hydrogen-bond donors (Lipinski definition) is 0. The van der Waals surface area contributed by atoms with Crippen molar-refractivity contribution in [1.82, 2.24) is 0 Å². The van der Waals surface area contributed by atoms with E-state index in [1.54, 1.807) is 0 Å². The van der Waals surface area contributed by atoms with Crippen molar-refractivity contribution in [2.75, 3.05) is 18.0 Å². The normalized spacial score (nSPS) is 18.8. The Kier molecular flexibility index (Phi) is 7.02. The van der Waals surface area contributed by atoms with Crippen molar-refractivity contribution in [3.05, 3.63) is 95.3 Å². The minimum atomic E-state index is 0.806. The second kappa shape index (κ2) is 9.89. The predicted octanol–water partition coefficient (Wildman–Crippen LogP) is 6.66. The molecule has 0 N–H and O–H groups in total. The number of nitrogens with zero attached hydrogens (tertiary/aromatic N) is 2. The third-order valence-corrected chi connectivity index (χ3v) is 5.09. The lowest BCUT2D eigenvalue weighted by molar-refractivity contribution is 0.996. The molecule has 2 nitrogen and oxygen atoms in total. The third-order valence-electron chi connectivity index (χ3n) is 5.09. The van der Waals surface area contributed by atoms with Crippen molar-refractivity contribution in [3.8, 4) is 0 Å². The molecule has 1 aliphatic heterocycles. The number of fused-ring (bicyclic) bond motifs is 1. The highest BCUT2D eigenvalue weighted by molar-refractivity contribution is 5.87. The van der Waals surface area contributed by atoms with E-state index >= 15 is 0 Å². The Morgan fingerprint density at radius 2 is 1.96 bits per heavy atom. The van der Waals surface area contributed by atoms with Gasteiger partial charge in [-0.05, 0) is 74.1 Å². The fourth-order valence-corrected chi connectivity index (χ4v) is 3.60. The molecule has 0 spiro atoms. The molecule has 144 valence electrons. The first kappa shape index (κ1) is 19.9. The Bertz CT molecular complexity index is 904. The topological polar surface area (TPSA) is 15.6 Å². The quantitative estimate of drug-likeness (QED) is 0.403. The Balaban J connectivity index is 1.90. The minimum absolute atomic E-state index is 0.806. The van der Waals surface area contributed by atoms with Crippen molar-refractivity contribution in [1.29, 1.82) is 0 Å². The lowest BCUT2D eigenvalue weighted by atomic mass is 9.92. The molecule has 0 amide bonds. The van der Waals surface area contributed by atoms with Crippen LogP contribution in [0.25, 0.3) is 5.57 Å². The van der Waals surface area contributed by atoms with Crippen molar-refractivity contribution in [2.45, 2.75) is 33.6 Å². The van der Waals surface area contributed by atoms with Crippen LogP contribution in [0, 0.1) is 0 Å². The van der Waals surface area contributed by atoms with Crippen LogP contribution in [0.5, 0.6) is 0 Å². The molecule has 1 aliphatic carbocycles. The second-order valence-corrected chi connectivity index (χ2v) is 6.95. The molecular weight excluding hydrogens is 340 g/mol. The monoisotopic (exact) mass is 370 g/mol. The van der Waals surface area contributed by atoms with Crippen LogP contribution >= 0.6 is 0 Å². The summed E-state index contributed by atoms with van der Waals surface area (Å²) < 4.78 is 0. The summed E-state index contributed by atoms with van der Waals surface area (Å²) in [6, 6.07) is 8.60. The van der Waals surface area contributed by atoms with Gasteiger partial charge in [0.25, 0.3) is 0 Å². The van der Waals surface area contributed by atoms with Gasteiger partial charge in [-0.1, -0.05) is 48.6 Å². The number of para-hydroxylation sites is 1. The zero-order valence-corrected chi connectivity index (χ0v) is 17.2. The van der Waals surface area contributed by atoms with E-state index in [1.807, 2.05) is 6.21 Å². The summed E-state index contributed by atoms with van der Waals surface area (Å²) in [6.07, 6.45) is 21.9. The van der Waals surface area contributed by atoms with Gasteiger partial charge >= 0.3 is 0 Å². The van der Waals surface area contributed by atoms with Crippen LogP contribution in [-0.2, 0) is 0 Å². The largest absolute Gasteiger partial charge is 0.348 e. The first-order valence-electron chi connectivity index (χ1n) is 10.2. The Morgan fingerprint density at radius 3 is 2.75 bits per heavy atom. The first-order chi connectivity index (χ1) is 13.7. The molecule has 0 radical (unpaired) electrons. The van der Waals surface area contributed by atoms with Gasteiger partial charge in [0.2, 0.25) is 0 Å². The molecule has 0 saturated heterocycles. The first-order valence-corrected chi connectivity index (χ1v) is 10.2. The van der Waals surface area contributed by atoms with Crippen LogP contribution < -0.4 is 4.90 Å². The van der Waals surface area contributed by atoms with Gasteiger partial charge in [-0.2, -0.15) is 0 Å². The highest BCUT2D eigenvalue weighted by Gasteiger charge is 2.13. The van der Waals surface area contributed by atoms with E-state index in [4.69, 9.17) is 0 Å². The van der Waals surface area contributed by atoms with Crippen LogP contribution in [0.2, 0.25) is 0 Å². The van der Waals surface area contributed by atoms with Crippen LogP contribution in [0.15, 0.2) is 94.7 Å². The molecule has 28 heavy (non-hydrogen) atoms. The van der Waals surface area contributed by atoms with Gasteiger partial charge in [0.15, 0.2) is 0 Å². The molecule has 1 aromatic rings. The summed E-state index contributed by atoms with van der Waals surface area (Å²) in [5.74, 6) is 0. The molecule has 2 aliphatic rings. The van der Waals surface area contributed by atoms with E-state index in [0.717, 1.165) is 25.9 Å². The summed E-state index contributed by atoms with van der Waals surface area (Å²) >= 11 is 0. The lowest BCUT2D eigenvalue weighted by Crippen LogP contribution is -2.18. The summed E-state index contributed by atoms with van der Waals surface area (Å²) in [7, 11) is 0. The maximum absolute atomic E-state index is 4.36. The second-order valence-electron chi connectivity index (χ2n) is 6.95. The molecule has 1 heterocycles. The van der Waals surface area contributed by atoms with E-state index in [2.05, 4.69) is 104 Å². The molecule has 0 atom stereocenters. The average Bonchev–Trinajstić information content (AvgIpc) is 2.73. The van der Waals surface area contributed by atoms with Gasteiger partial charge < -0.3 is 4.90 Å². The van der Waals surface area contributed by atoms with Gasteiger partial charge in [-0.15, -0.1) is 0 Å². The molecule has 0 unspecified atom stereocenters. The van der Waals surface area contributed by atoms with Gasteiger partial charge in [-0.25, -0.2) is 0 Å².